The van der Waals surface area contributed by atoms with Gasteiger partial charge in [-0.05, 0) is 74.4 Å². The average molecular weight is 278 g/mol. The largest absolute Gasteiger partial charge is 0.493 e. The van der Waals surface area contributed by atoms with Crippen molar-refractivity contribution >= 4 is 0 Å². The zero-order chi connectivity index (χ0) is 15.1. The molecule has 1 rings (SSSR count). The van der Waals surface area contributed by atoms with Crippen molar-refractivity contribution in [1.29, 1.82) is 0 Å². The summed E-state index contributed by atoms with van der Waals surface area (Å²) in [5.41, 5.74) is 15.5. The van der Waals surface area contributed by atoms with Gasteiger partial charge in [0.25, 0.3) is 0 Å². The first-order valence-electron chi connectivity index (χ1n) is 7.67. The van der Waals surface area contributed by atoms with E-state index in [2.05, 4.69) is 39.8 Å². The quantitative estimate of drug-likeness (QED) is 0.768. The SMILES string of the molecule is CCCOc1ccc(CC(C)C(CN)CN)c(C)c1C. The van der Waals surface area contributed by atoms with E-state index in [1.54, 1.807) is 0 Å². The Morgan fingerprint density at radius 2 is 1.75 bits per heavy atom. The van der Waals surface area contributed by atoms with Crippen LogP contribution >= 0.6 is 0 Å². The van der Waals surface area contributed by atoms with E-state index in [9.17, 15) is 0 Å². The molecular formula is C17H30N2O. The molecule has 20 heavy (non-hydrogen) atoms. The maximum absolute atomic E-state index is 5.78. The van der Waals surface area contributed by atoms with Gasteiger partial charge >= 0.3 is 0 Å². The summed E-state index contributed by atoms with van der Waals surface area (Å²) in [7, 11) is 0. The number of rotatable bonds is 8. The molecule has 3 nitrogen and oxygen atoms in total. The summed E-state index contributed by atoms with van der Waals surface area (Å²) in [5.74, 6) is 1.91. The van der Waals surface area contributed by atoms with Crippen LogP contribution in [0, 0.1) is 25.7 Å². The van der Waals surface area contributed by atoms with Crippen LogP contribution in [-0.4, -0.2) is 19.7 Å². The highest BCUT2D eigenvalue weighted by molar-refractivity contribution is 5.43. The molecule has 0 fully saturated rings. The molecule has 0 aromatic heterocycles. The lowest BCUT2D eigenvalue weighted by Crippen LogP contribution is -2.30. The van der Waals surface area contributed by atoms with Gasteiger partial charge < -0.3 is 16.2 Å². The van der Waals surface area contributed by atoms with Crippen LogP contribution in [0.15, 0.2) is 12.1 Å². The molecule has 0 aliphatic carbocycles. The highest BCUT2D eigenvalue weighted by atomic mass is 16.5. The summed E-state index contributed by atoms with van der Waals surface area (Å²) in [5, 5.41) is 0. The van der Waals surface area contributed by atoms with E-state index < -0.39 is 0 Å². The number of ether oxygens (including phenoxy) is 1. The molecule has 1 aromatic rings. The normalized spacial score (nSPS) is 12.8. The topological polar surface area (TPSA) is 61.3 Å². The Morgan fingerprint density at radius 1 is 1.10 bits per heavy atom. The predicted octanol–water partition coefficient (Wildman–Crippen LogP) is 2.80. The van der Waals surface area contributed by atoms with Gasteiger partial charge in [0.1, 0.15) is 5.75 Å². The van der Waals surface area contributed by atoms with Crippen LogP contribution in [0.1, 0.15) is 37.0 Å². The van der Waals surface area contributed by atoms with E-state index in [0.29, 0.717) is 24.9 Å². The number of nitrogens with two attached hydrogens (primary N) is 2. The minimum Gasteiger partial charge on any atom is -0.493 e. The smallest absolute Gasteiger partial charge is 0.122 e. The summed E-state index contributed by atoms with van der Waals surface area (Å²) in [4.78, 5) is 0. The van der Waals surface area contributed by atoms with Crippen LogP contribution in [0.3, 0.4) is 0 Å². The monoisotopic (exact) mass is 278 g/mol. The van der Waals surface area contributed by atoms with Crippen molar-refractivity contribution in [3.8, 4) is 5.75 Å². The molecule has 0 bridgehead atoms. The molecule has 0 radical (unpaired) electrons. The first-order chi connectivity index (χ1) is 9.54. The standard InChI is InChI=1S/C17H30N2O/c1-5-8-20-17-7-6-15(13(3)14(17)4)9-12(2)16(10-18)11-19/h6-7,12,16H,5,8-11,18-19H2,1-4H3. The lowest BCUT2D eigenvalue weighted by Gasteiger charge is -2.22. The fraction of sp³-hybridized carbons (Fsp3) is 0.647. The van der Waals surface area contributed by atoms with Crippen LogP contribution in [-0.2, 0) is 6.42 Å². The second-order valence-electron chi connectivity index (χ2n) is 5.73. The Kier molecular flexibility index (Phi) is 7.03. The maximum Gasteiger partial charge on any atom is 0.122 e. The lowest BCUT2D eigenvalue weighted by molar-refractivity contribution is 0.314. The first kappa shape index (κ1) is 17.0. The first-order valence-corrected chi connectivity index (χ1v) is 7.67. The van der Waals surface area contributed by atoms with E-state index in [-0.39, 0.29) is 0 Å². The van der Waals surface area contributed by atoms with Crippen LogP contribution in [0.25, 0.3) is 0 Å². The van der Waals surface area contributed by atoms with E-state index in [0.717, 1.165) is 25.2 Å². The lowest BCUT2D eigenvalue weighted by atomic mass is 9.86. The number of hydrogen-bond donors (Lipinski definition) is 2. The Morgan fingerprint density at radius 3 is 2.30 bits per heavy atom. The van der Waals surface area contributed by atoms with Gasteiger partial charge in [-0.2, -0.15) is 0 Å². The third kappa shape index (κ3) is 4.22. The minimum absolute atomic E-state index is 0.394. The molecule has 0 aliphatic rings. The second kappa shape index (κ2) is 8.28. The summed E-state index contributed by atoms with van der Waals surface area (Å²) >= 11 is 0. The molecule has 0 saturated carbocycles. The Bertz CT molecular complexity index is 414. The predicted molar refractivity (Wildman–Crippen MR) is 86.2 cm³/mol. The molecular weight excluding hydrogens is 248 g/mol. The van der Waals surface area contributed by atoms with Crippen molar-refractivity contribution in [3.05, 3.63) is 28.8 Å². The number of benzene rings is 1. The molecule has 0 aliphatic heterocycles. The van der Waals surface area contributed by atoms with Crippen LogP contribution < -0.4 is 16.2 Å². The van der Waals surface area contributed by atoms with Crippen molar-refractivity contribution in [1.82, 2.24) is 0 Å². The second-order valence-corrected chi connectivity index (χ2v) is 5.73. The zero-order valence-corrected chi connectivity index (χ0v) is 13.4. The molecule has 0 amide bonds. The molecule has 0 spiro atoms. The minimum atomic E-state index is 0.394. The highest BCUT2D eigenvalue weighted by Gasteiger charge is 2.16. The van der Waals surface area contributed by atoms with Crippen LogP contribution in [0.2, 0.25) is 0 Å². The van der Waals surface area contributed by atoms with Gasteiger partial charge in [0.15, 0.2) is 0 Å². The van der Waals surface area contributed by atoms with Gasteiger partial charge in [-0.15, -0.1) is 0 Å². The highest BCUT2D eigenvalue weighted by Crippen LogP contribution is 2.27. The van der Waals surface area contributed by atoms with Crippen LogP contribution in [0.4, 0.5) is 0 Å². The van der Waals surface area contributed by atoms with Gasteiger partial charge in [-0.1, -0.05) is 19.9 Å². The van der Waals surface area contributed by atoms with Gasteiger partial charge in [0, 0.05) is 0 Å². The van der Waals surface area contributed by atoms with Gasteiger partial charge in [0.05, 0.1) is 6.61 Å². The van der Waals surface area contributed by atoms with Crippen molar-refractivity contribution in [2.24, 2.45) is 23.3 Å². The Balaban J connectivity index is 2.84. The van der Waals surface area contributed by atoms with E-state index >= 15 is 0 Å². The molecule has 0 heterocycles. The summed E-state index contributed by atoms with van der Waals surface area (Å²) in [6.45, 7) is 10.8. The van der Waals surface area contributed by atoms with Gasteiger partial charge in [0.2, 0.25) is 0 Å². The third-order valence-electron chi connectivity index (χ3n) is 4.26. The van der Waals surface area contributed by atoms with Crippen molar-refractivity contribution in [3.63, 3.8) is 0 Å². The molecule has 1 unspecified atom stereocenters. The Labute approximate surface area is 123 Å². The van der Waals surface area contributed by atoms with E-state index in [1.807, 2.05) is 0 Å². The molecule has 3 heteroatoms. The zero-order valence-electron chi connectivity index (χ0n) is 13.4. The van der Waals surface area contributed by atoms with Crippen LogP contribution in [0.5, 0.6) is 5.75 Å². The Hall–Kier alpha value is -1.06. The average Bonchev–Trinajstić information content (AvgIpc) is 2.44. The maximum atomic E-state index is 5.78. The third-order valence-corrected chi connectivity index (χ3v) is 4.26. The fourth-order valence-electron chi connectivity index (χ4n) is 2.52. The fourth-order valence-corrected chi connectivity index (χ4v) is 2.52. The van der Waals surface area contributed by atoms with Gasteiger partial charge in [-0.25, -0.2) is 0 Å². The van der Waals surface area contributed by atoms with Crippen molar-refractivity contribution < 1.29 is 4.74 Å². The molecule has 114 valence electrons. The molecule has 0 saturated heterocycles. The summed E-state index contributed by atoms with van der Waals surface area (Å²) in [6.07, 6.45) is 2.06. The van der Waals surface area contributed by atoms with Crippen molar-refractivity contribution in [2.45, 2.75) is 40.5 Å². The number of hydrogen-bond acceptors (Lipinski definition) is 3. The van der Waals surface area contributed by atoms with E-state index in [4.69, 9.17) is 16.2 Å². The summed E-state index contributed by atoms with van der Waals surface area (Å²) in [6, 6.07) is 4.29. The van der Waals surface area contributed by atoms with Gasteiger partial charge in [-0.3, -0.25) is 0 Å². The van der Waals surface area contributed by atoms with Crippen molar-refractivity contribution in [2.75, 3.05) is 19.7 Å². The summed E-state index contributed by atoms with van der Waals surface area (Å²) < 4.78 is 5.78. The van der Waals surface area contributed by atoms with E-state index in [1.165, 1.54) is 16.7 Å². The molecule has 1 atom stereocenters. The molecule has 4 N–H and O–H groups in total. The molecule has 1 aromatic carbocycles.